The van der Waals surface area contributed by atoms with E-state index in [4.69, 9.17) is 5.73 Å². The van der Waals surface area contributed by atoms with Crippen LogP contribution < -0.4 is 5.73 Å². The maximum Gasteiger partial charge on any atom is 0.123 e. The first-order valence-corrected chi connectivity index (χ1v) is 6.72. The summed E-state index contributed by atoms with van der Waals surface area (Å²) in [5.41, 5.74) is 7.04. The number of hydrogen-bond donors (Lipinski definition) is 1. The molecule has 0 amide bonds. The van der Waals surface area contributed by atoms with Crippen molar-refractivity contribution in [2.45, 2.75) is 32.2 Å². The Hall–Kier alpha value is -1.09. The van der Waals surface area contributed by atoms with Crippen LogP contribution >= 0.6 is 0 Å². The van der Waals surface area contributed by atoms with Crippen LogP contribution in [0.2, 0.25) is 0 Å². The maximum absolute atomic E-state index is 5.73. The zero-order chi connectivity index (χ0) is 11.7. The van der Waals surface area contributed by atoms with Crippen LogP contribution in [0.15, 0.2) is 18.3 Å². The Balaban J connectivity index is 1.60. The molecule has 1 heterocycles. The third-order valence-corrected chi connectivity index (χ3v) is 3.68. The van der Waals surface area contributed by atoms with Crippen molar-refractivity contribution in [1.29, 1.82) is 0 Å². The van der Waals surface area contributed by atoms with Crippen molar-refractivity contribution in [3.63, 3.8) is 0 Å². The molecule has 92 valence electrons. The highest BCUT2D eigenvalue weighted by molar-refractivity contribution is 5.31. The molecule has 0 bridgehead atoms. The molecule has 2 aliphatic rings. The van der Waals surface area contributed by atoms with Gasteiger partial charge in [0.2, 0.25) is 0 Å². The Bertz CT molecular complexity index is 369. The van der Waals surface area contributed by atoms with Crippen LogP contribution in [0.4, 0.5) is 5.82 Å². The van der Waals surface area contributed by atoms with E-state index in [1.807, 2.05) is 12.3 Å². The molecule has 2 fully saturated rings. The third kappa shape index (κ3) is 3.43. The SMILES string of the molecule is Nc1cc(CN(CC2CC2)CC2CC2)ccn1. The molecule has 0 spiro atoms. The van der Waals surface area contributed by atoms with Gasteiger partial charge >= 0.3 is 0 Å². The van der Waals surface area contributed by atoms with E-state index in [9.17, 15) is 0 Å². The molecular weight excluding hydrogens is 210 g/mol. The van der Waals surface area contributed by atoms with Crippen LogP contribution in [0.5, 0.6) is 0 Å². The quantitative estimate of drug-likeness (QED) is 0.816. The van der Waals surface area contributed by atoms with Gasteiger partial charge in [-0.15, -0.1) is 0 Å². The molecule has 2 saturated carbocycles. The molecule has 0 radical (unpaired) electrons. The summed E-state index contributed by atoms with van der Waals surface area (Å²) in [6, 6.07) is 4.09. The molecule has 0 aromatic carbocycles. The van der Waals surface area contributed by atoms with Gasteiger partial charge in [-0.3, -0.25) is 4.90 Å². The largest absolute Gasteiger partial charge is 0.384 e. The summed E-state index contributed by atoms with van der Waals surface area (Å²) in [5, 5.41) is 0. The highest BCUT2D eigenvalue weighted by Gasteiger charge is 2.29. The predicted octanol–water partition coefficient (Wildman–Crippen LogP) is 2.29. The van der Waals surface area contributed by atoms with E-state index in [0.717, 1.165) is 18.4 Å². The normalized spacial score (nSPS) is 19.8. The topological polar surface area (TPSA) is 42.1 Å². The van der Waals surface area contributed by atoms with E-state index < -0.39 is 0 Å². The third-order valence-electron chi connectivity index (χ3n) is 3.68. The first-order valence-electron chi connectivity index (χ1n) is 6.72. The molecule has 3 rings (SSSR count). The first kappa shape index (κ1) is 11.0. The number of rotatable bonds is 6. The summed E-state index contributed by atoms with van der Waals surface area (Å²) >= 11 is 0. The van der Waals surface area contributed by atoms with Crippen LogP contribution in [0.25, 0.3) is 0 Å². The molecular formula is C14H21N3. The molecule has 2 aliphatic carbocycles. The monoisotopic (exact) mass is 231 g/mol. The van der Waals surface area contributed by atoms with Crippen molar-refractivity contribution < 1.29 is 0 Å². The molecule has 1 aromatic rings. The molecule has 3 nitrogen and oxygen atoms in total. The minimum Gasteiger partial charge on any atom is -0.384 e. The van der Waals surface area contributed by atoms with Gasteiger partial charge in [0, 0.05) is 25.8 Å². The fourth-order valence-electron chi connectivity index (χ4n) is 2.39. The van der Waals surface area contributed by atoms with E-state index in [1.54, 1.807) is 0 Å². The Morgan fingerprint density at radius 3 is 2.35 bits per heavy atom. The lowest BCUT2D eigenvalue weighted by Crippen LogP contribution is -2.27. The van der Waals surface area contributed by atoms with E-state index in [1.165, 1.54) is 44.3 Å². The van der Waals surface area contributed by atoms with E-state index in [-0.39, 0.29) is 0 Å². The maximum atomic E-state index is 5.73. The van der Waals surface area contributed by atoms with Gasteiger partial charge in [-0.1, -0.05) is 0 Å². The van der Waals surface area contributed by atoms with E-state index in [0.29, 0.717) is 5.82 Å². The Kier molecular flexibility index (Phi) is 3.02. The fourth-order valence-corrected chi connectivity index (χ4v) is 2.39. The van der Waals surface area contributed by atoms with E-state index >= 15 is 0 Å². The molecule has 0 aliphatic heterocycles. The van der Waals surface area contributed by atoms with Crippen molar-refractivity contribution in [2.24, 2.45) is 11.8 Å². The minimum absolute atomic E-state index is 0.639. The zero-order valence-corrected chi connectivity index (χ0v) is 10.3. The van der Waals surface area contributed by atoms with Crippen LogP contribution in [0, 0.1) is 11.8 Å². The molecule has 0 atom stereocenters. The van der Waals surface area contributed by atoms with Crippen molar-refractivity contribution in [3.05, 3.63) is 23.9 Å². The smallest absolute Gasteiger partial charge is 0.123 e. The summed E-state index contributed by atoms with van der Waals surface area (Å²) in [5.74, 6) is 2.57. The van der Waals surface area contributed by atoms with E-state index in [2.05, 4.69) is 16.0 Å². The number of nitrogens with zero attached hydrogens (tertiary/aromatic N) is 2. The first-order chi connectivity index (χ1) is 8.29. The summed E-state index contributed by atoms with van der Waals surface area (Å²) in [6.45, 7) is 3.59. The predicted molar refractivity (Wildman–Crippen MR) is 69.4 cm³/mol. The van der Waals surface area contributed by atoms with Gasteiger partial charge in [0.25, 0.3) is 0 Å². The second kappa shape index (κ2) is 4.65. The summed E-state index contributed by atoms with van der Waals surface area (Å²) in [7, 11) is 0. The Labute approximate surface area is 103 Å². The minimum atomic E-state index is 0.639. The summed E-state index contributed by atoms with van der Waals surface area (Å²) in [6.07, 6.45) is 7.54. The second-order valence-corrected chi connectivity index (χ2v) is 5.67. The number of nitrogen functional groups attached to an aromatic ring is 1. The molecule has 3 heteroatoms. The zero-order valence-electron chi connectivity index (χ0n) is 10.3. The standard InChI is InChI=1S/C14H21N3/c15-14-7-13(5-6-16-14)10-17(8-11-1-2-11)9-12-3-4-12/h5-7,11-12H,1-4,8-10H2,(H2,15,16). The molecule has 17 heavy (non-hydrogen) atoms. The van der Waals surface area contributed by atoms with Crippen LogP contribution in [-0.4, -0.2) is 23.0 Å². The second-order valence-electron chi connectivity index (χ2n) is 5.67. The fraction of sp³-hybridized carbons (Fsp3) is 0.643. The van der Waals surface area contributed by atoms with Crippen LogP contribution in [-0.2, 0) is 6.54 Å². The number of anilines is 1. The van der Waals surface area contributed by atoms with Gasteiger partial charge in [0.1, 0.15) is 5.82 Å². The highest BCUT2D eigenvalue weighted by Crippen LogP contribution is 2.34. The molecule has 1 aromatic heterocycles. The van der Waals surface area contributed by atoms with Crippen LogP contribution in [0.3, 0.4) is 0 Å². The lowest BCUT2D eigenvalue weighted by molar-refractivity contribution is 0.244. The number of nitrogens with two attached hydrogens (primary N) is 1. The van der Waals surface area contributed by atoms with Gasteiger partial charge in [0.15, 0.2) is 0 Å². The Morgan fingerprint density at radius 1 is 1.18 bits per heavy atom. The van der Waals surface area contributed by atoms with Gasteiger partial charge in [-0.25, -0.2) is 4.98 Å². The van der Waals surface area contributed by atoms with Gasteiger partial charge in [-0.05, 0) is 55.2 Å². The molecule has 0 saturated heterocycles. The Morgan fingerprint density at radius 2 is 1.82 bits per heavy atom. The number of pyridine rings is 1. The average Bonchev–Trinajstić information content (AvgIpc) is 3.13. The molecule has 0 unspecified atom stereocenters. The lowest BCUT2D eigenvalue weighted by atomic mass is 10.2. The average molecular weight is 231 g/mol. The number of aromatic nitrogens is 1. The van der Waals surface area contributed by atoms with Crippen molar-refractivity contribution >= 4 is 5.82 Å². The lowest BCUT2D eigenvalue weighted by Gasteiger charge is -2.22. The number of hydrogen-bond acceptors (Lipinski definition) is 3. The summed E-state index contributed by atoms with van der Waals surface area (Å²) < 4.78 is 0. The highest BCUT2D eigenvalue weighted by atomic mass is 15.1. The van der Waals surface area contributed by atoms with Crippen molar-refractivity contribution in [1.82, 2.24) is 9.88 Å². The van der Waals surface area contributed by atoms with Crippen LogP contribution in [0.1, 0.15) is 31.2 Å². The molecule has 2 N–H and O–H groups in total. The van der Waals surface area contributed by atoms with Gasteiger partial charge < -0.3 is 5.73 Å². The van der Waals surface area contributed by atoms with Gasteiger partial charge in [-0.2, -0.15) is 0 Å². The van der Waals surface area contributed by atoms with Crippen molar-refractivity contribution in [2.75, 3.05) is 18.8 Å². The van der Waals surface area contributed by atoms with Crippen molar-refractivity contribution in [3.8, 4) is 0 Å². The summed E-state index contributed by atoms with van der Waals surface area (Å²) in [4.78, 5) is 6.67. The van der Waals surface area contributed by atoms with Gasteiger partial charge in [0.05, 0.1) is 0 Å².